The molecule has 1 aliphatic rings. The second kappa shape index (κ2) is 12.1. The van der Waals surface area contributed by atoms with Gasteiger partial charge in [-0.2, -0.15) is 0 Å². The van der Waals surface area contributed by atoms with Gasteiger partial charge in [0.25, 0.3) is 0 Å². The molecule has 0 atom stereocenters. The number of aliphatic imine (C=N–C) groups is 1. The smallest absolute Gasteiger partial charge is 0.191 e. The average molecular weight is 461 g/mol. The molecule has 0 bridgehead atoms. The fourth-order valence-corrected chi connectivity index (χ4v) is 2.82. The van der Waals surface area contributed by atoms with Crippen LogP contribution in [-0.2, 0) is 0 Å². The molecule has 2 N–H and O–H groups in total. The first-order valence-electron chi connectivity index (χ1n) is 8.52. The fourth-order valence-electron chi connectivity index (χ4n) is 2.82. The van der Waals surface area contributed by atoms with Gasteiger partial charge in [0.2, 0.25) is 0 Å². The first-order valence-corrected chi connectivity index (χ1v) is 8.52. The Labute approximate surface area is 167 Å². The second-order valence-electron chi connectivity index (χ2n) is 5.80. The van der Waals surface area contributed by atoms with E-state index < -0.39 is 0 Å². The molecule has 0 amide bonds. The van der Waals surface area contributed by atoms with Crippen molar-refractivity contribution in [3.63, 3.8) is 0 Å². The molecule has 140 valence electrons. The van der Waals surface area contributed by atoms with Crippen LogP contribution in [-0.4, -0.2) is 63.7 Å². The minimum atomic E-state index is -0.131. The Hall–Kier alpha value is -1.35. The summed E-state index contributed by atoms with van der Waals surface area (Å²) in [4.78, 5) is 8.71. The third kappa shape index (κ3) is 7.19. The molecule has 0 spiro atoms. The van der Waals surface area contributed by atoms with E-state index in [2.05, 4.69) is 32.0 Å². The summed E-state index contributed by atoms with van der Waals surface area (Å²) in [5, 5.41) is 6.44. The van der Waals surface area contributed by atoms with Crippen LogP contribution in [0.1, 0.15) is 6.42 Å². The minimum absolute atomic E-state index is 0. The lowest BCUT2D eigenvalue weighted by molar-refractivity contribution is 0.254. The number of benzene rings is 1. The molecular weight excluding hydrogens is 432 g/mol. The molecular formula is C18H29FIN5. The quantitative estimate of drug-likeness (QED) is 0.215. The number of guanidine groups is 1. The number of halogens is 2. The lowest BCUT2D eigenvalue weighted by Gasteiger charge is -2.36. The fraction of sp³-hybridized carbons (Fsp3) is 0.500. The van der Waals surface area contributed by atoms with E-state index in [0.717, 1.165) is 57.3 Å². The Bertz CT molecular complexity index is 544. The highest BCUT2D eigenvalue weighted by molar-refractivity contribution is 14.0. The second-order valence-corrected chi connectivity index (χ2v) is 5.80. The first kappa shape index (κ1) is 21.7. The maximum Gasteiger partial charge on any atom is 0.191 e. The third-order valence-corrected chi connectivity index (χ3v) is 4.15. The van der Waals surface area contributed by atoms with Crippen LogP contribution in [0, 0.1) is 5.82 Å². The summed E-state index contributed by atoms with van der Waals surface area (Å²) in [6, 6.07) is 7.01. The molecule has 0 saturated carbocycles. The molecule has 0 radical (unpaired) electrons. The molecule has 1 aromatic carbocycles. The van der Waals surface area contributed by atoms with E-state index in [1.54, 1.807) is 13.1 Å². The van der Waals surface area contributed by atoms with E-state index in [0.29, 0.717) is 6.54 Å². The van der Waals surface area contributed by atoms with Crippen LogP contribution in [0.3, 0.4) is 0 Å². The topological polar surface area (TPSA) is 42.9 Å². The van der Waals surface area contributed by atoms with Gasteiger partial charge in [-0.25, -0.2) is 4.39 Å². The van der Waals surface area contributed by atoms with E-state index in [1.165, 1.54) is 6.07 Å². The van der Waals surface area contributed by atoms with E-state index >= 15 is 0 Å². The molecule has 1 heterocycles. The summed E-state index contributed by atoms with van der Waals surface area (Å²) in [5.74, 6) is 0.674. The SMILES string of the molecule is C=CCNC(=NC)NCCCN1CCN(c2ccccc2F)CC1.I. The lowest BCUT2D eigenvalue weighted by Crippen LogP contribution is -2.47. The summed E-state index contributed by atoms with van der Waals surface area (Å²) >= 11 is 0. The van der Waals surface area contributed by atoms with Gasteiger partial charge < -0.3 is 15.5 Å². The molecule has 25 heavy (non-hydrogen) atoms. The molecule has 1 aliphatic heterocycles. The molecule has 0 aliphatic carbocycles. The number of nitrogens with zero attached hydrogens (tertiary/aromatic N) is 3. The van der Waals surface area contributed by atoms with Gasteiger partial charge >= 0.3 is 0 Å². The molecule has 1 saturated heterocycles. The van der Waals surface area contributed by atoms with Crippen LogP contribution in [0.15, 0.2) is 41.9 Å². The van der Waals surface area contributed by atoms with Gasteiger partial charge in [-0.15, -0.1) is 30.6 Å². The van der Waals surface area contributed by atoms with Crippen molar-refractivity contribution in [3.05, 3.63) is 42.7 Å². The summed E-state index contributed by atoms with van der Waals surface area (Å²) in [5.41, 5.74) is 0.718. The van der Waals surface area contributed by atoms with Gasteiger partial charge in [-0.3, -0.25) is 9.89 Å². The highest BCUT2D eigenvalue weighted by Gasteiger charge is 2.18. The normalized spacial score (nSPS) is 15.4. The Balaban J connectivity index is 0.00000312. The summed E-state index contributed by atoms with van der Waals surface area (Å²) in [6.07, 6.45) is 2.86. The summed E-state index contributed by atoms with van der Waals surface area (Å²) in [6.45, 7) is 9.99. The van der Waals surface area contributed by atoms with Crippen LogP contribution < -0.4 is 15.5 Å². The van der Waals surface area contributed by atoms with Crippen molar-refractivity contribution in [2.24, 2.45) is 4.99 Å². The molecule has 2 rings (SSSR count). The summed E-state index contributed by atoms with van der Waals surface area (Å²) in [7, 11) is 1.76. The van der Waals surface area contributed by atoms with E-state index in [1.807, 2.05) is 18.2 Å². The third-order valence-electron chi connectivity index (χ3n) is 4.15. The molecule has 7 heteroatoms. The number of hydrogen-bond acceptors (Lipinski definition) is 3. The molecule has 0 unspecified atom stereocenters. The van der Waals surface area contributed by atoms with Crippen LogP contribution in [0.25, 0.3) is 0 Å². The first-order chi connectivity index (χ1) is 11.7. The molecule has 5 nitrogen and oxygen atoms in total. The molecule has 1 aromatic rings. The van der Waals surface area contributed by atoms with Gasteiger partial charge in [0.1, 0.15) is 5.82 Å². The number of anilines is 1. The van der Waals surface area contributed by atoms with Crippen LogP contribution >= 0.6 is 24.0 Å². The average Bonchev–Trinajstić information content (AvgIpc) is 2.62. The maximum atomic E-state index is 13.8. The zero-order valence-electron chi connectivity index (χ0n) is 14.9. The Morgan fingerprint density at radius 1 is 1.24 bits per heavy atom. The highest BCUT2D eigenvalue weighted by Crippen LogP contribution is 2.20. The predicted octanol–water partition coefficient (Wildman–Crippen LogP) is 2.31. The van der Waals surface area contributed by atoms with Gasteiger partial charge in [-0.05, 0) is 25.1 Å². The van der Waals surface area contributed by atoms with Crippen molar-refractivity contribution in [2.75, 3.05) is 57.8 Å². The Morgan fingerprint density at radius 2 is 1.96 bits per heavy atom. The number of hydrogen-bond donors (Lipinski definition) is 2. The van der Waals surface area contributed by atoms with E-state index in [-0.39, 0.29) is 29.8 Å². The van der Waals surface area contributed by atoms with Crippen molar-refractivity contribution in [2.45, 2.75) is 6.42 Å². The van der Waals surface area contributed by atoms with Crippen molar-refractivity contribution in [3.8, 4) is 0 Å². The van der Waals surface area contributed by atoms with E-state index in [4.69, 9.17) is 0 Å². The van der Waals surface area contributed by atoms with Crippen molar-refractivity contribution >= 4 is 35.6 Å². The Kier molecular flexibility index (Phi) is 10.5. The minimum Gasteiger partial charge on any atom is -0.367 e. The van der Waals surface area contributed by atoms with Gasteiger partial charge in [0.05, 0.1) is 5.69 Å². The van der Waals surface area contributed by atoms with Gasteiger partial charge in [0.15, 0.2) is 5.96 Å². The highest BCUT2D eigenvalue weighted by atomic mass is 127. The Morgan fingerprint density at radius 3 is 2.60 bits per heavy atom. The van der Waals surface area contributed by atoms with E-state index in [9.17, 15) is 4.39 Å². The molecule has 0 aromatic heterocycles. The standard InChI is InChI=1S/C18H28FN5.HI/c1-3-9-21-18(20-2)22-10-6-11-23-12-14-24(15-13-23)17-8-5-4-7-16(17)19;/h3-5,7-8H,1,6,9-15H2,2H3,(H2,20,21,22);1H. The van der Waals surface area contributed by atoms with Crippen LogP contribution in [0.2, 0.25) is 0 Å². The zero-order valence-corrected chi connectivity index (χ0v) is 17.2. The largest absolute Gasteiger partial charge is 0.367 e. The maximum absolute atomic E-state index is 13.8. The number of para-hydroxylation sites is 1. The lowest BCUT2D eigenvalue weighted by atomic mass is 10.2. The van der Waals surface area contributed by atoms with Crippen LogP contribution in [0.5, 0.6) is 0 Å². The zero-order chi connectivity index (χ0) is 17.2. The van der Waals surface area contributed by atoms with Crippen molar-refractivity contribution in [1.82, 2.24) is 15.5 Å². The number of rotatable bonds is 7. The number of piperazine rings is 1. The monoisotopic (exact) mass is 461 g/mol. The van der Waals surface area contributed by atoms with Crippen LogP contribution in [0.4, 0.5) is 10.1 Å². The molecule has 1 fully saturated rings. The summed E-state index contributed by atoms with van der Waals surface area (Å²) < 4.78 is 13.8. The van der Waals surface area contributed by atoms with Gasteiger partial charge in [-0.1, -0.05) is 18.2 Å². The van der Waals surface area contributed by atoms with Gasteiger partial charge in [0, 0.05) is 46.3 Å². The predicted molar refractivity (Wildman–Crippen MR) is 115 cm³/mol. The van der Waals surface area contributed by atoms with Crippen molar-refractivity contribution < 1.29 is 4.39 Å². The van der Waals surface area contributed by atoms with Crippen molar-refractivity contribution in [1.29, 1.82) is 0 Å². The number of nitrogens with one attached hydrogen (secondary N) is 2.